The van der Waals surface area contributed by atoms with E-state index in [4.69, 9.17) is 0 Å². The quantitative estimate of drug-likeness (QED) is 0.805. The molecule has 3 rings (SSSR count). The van der Waals surface area contributed by atoms with Crippen LogP contribution < -0.4 is 0 Å². The number of likely N-dealkylation sites (tertiary alicyclic amines) is 1. The number of benzene rings is 1. The summed E-state index contributed by atoms with van der Waals surface area (Å²) in [6.45, 7) is 4.50. The number of hydrogen-bond donors (Lipinski definition) is 0. The molecule has 1 aliphatic carbocycles. The van der Waals surface area contributed by atoms with E-state index in [0.717, 1.165) is 25.0 Å². The Hall–Kier alpha value is -0.930. The van der Waals surface area contributed by atoms with Gasteiger partial charge in [0.1, 0.15) is 5.82 Å². The molecule has 2 fully saturated rings. The molecule has 0 N–H and O–H groups in total. The first-order valence-corrected chi connectivity index (χ1v) is 7.38. The highest BCUT2D eigenvalue weighted by molar-refractivity contribution is 5.15. The lowest BCUT2D eigenvalue weighted by Gasteiger charge is -2.28. The molecule has 2 atom stereocenters. The van der Waals surface area contributed by atoms with Crippen LogP contribution in [0.3, 0.4) is 0 Å². The van der Waals surface area contributed by atoms with Gasteiger partial charge in [0, 0.05) is 32.2 Å². The van der Waals surface area contributed by atoms with E-state index < -0.39 is 0 Å². The van der Waals surface area contributed by atoms with Crippen molar-refractivity contribution in [1.29, 1.82) is 0 Å². The van der Waals surface area contributed by atoms with E-state index in [1.54, 1.807) is 12.1 Å². The largest absolute Gasteiger partial charge is 0.301 e. The Morgan fingerprint density at radius 2 is 2.05 bits per heavy atom. The minimum Gasteiger partial charge on any atom is -0.301 e. The summed E-state index contributed by atoms with van der Waals surface area (Å²) in [6.07, 6.45) is 4.29. The predicted octanol–water partition coefficient (Wildman–Crippen LogP) is 2.74. The fourth-order valence-electron chi connectivity index (χ4n) is 3.58. The second-order valence-corrected chi connectivity index (χ2v) is 6.19. The van der Waals surface area contributed by atoms with Crippen LogP contribution in [0, 0.1) is 11.7 Å². The first-order chi connectivity index (χ1) is 9.20. The van der Waals surface area contributed by atoms with Gasteiger partial charge in [-0.3, -0.25) is 4.90 Å². The molecule has 1 heterocycles. The summed E-state index contributed by atoms with van der Waals surface area (Å²) in [7, 11) is 2.15. The highest BCUT2D eigenvalue weighted by atomic mass is 19.1. The fraction of sp³-hybridized carbons (Fsp3) is 0.625. The summed E-state index contributed by atoms with van der Waals surface area (Å²) >= 11 is 0. The van der Waals surface area contributed by atoms with Gasteiger partial charge in [0.05, 0.1) is 0 Å². The number of piperidine rings is 1. The van der Waals surface area contributed by atoms with Gasteiger partial charge in [-0.2, -0.15) is 0 Å². The normalized spacial score (nSPS) is 26.5. The van der Waals surface area contributed by atoms with E-state index in [2.05, 4.69) is 16.8 Å². The van der Waals surface area contributed by atoms with Crippen LogP contribution in [0.4, 0.5) is 4.39 Å². The maximum Gasteiger partial charge on any atom is 0.123 e. The lowest BCUT2D eigenvalue weighted by atomic mass is 10.1. The van der Waals surface area contributed by atoms with Gasteiger partial charge in [-0.25, -0.2) is 4.39 Å². The van der Waals surface area contributed by atoms with Crippen molar-refractivity contribution in [2.75, 3.05) is 26.7 Å². The number of rotatable bonds is 5. The molecule has 1 aromatic carbocycles. The van der Waals surface area contributed by atoms with Crippen LogP contribution >= 0.6 is 0 Å². The van der Waals surface area contributed by atoms with Crippen molar-refractivity contribution in [3.63, 3.8) is 0 Å². The Morgan fingerprint density at radius 1 is 1.26 bits per heavy atom. The van der Waals surface area contributed by atoms with E-state index >= 15 is 0 Å². The Labute approximate surface area is 115 Å². The third-order valence-corrected chi connectivity index (χ3v) is 4.66. The molecule has 104 valence electrons. The Kier molecular flexibility index (Phi) is 3.85. The lowest BCUT2D eigenvalue weighted by molar-refractivity contribution is 0.182. The van der Waals surface area contributed by atoms with E-state index in [0.29, 0.717) is 0 Å². The van der Waals surface area contributed by atoms with Crippen molar-refractivity contribution < 1.29 is 4.39 Å². The summed E-state index contributed by atoms with van der Waals surface area (Å²) in [5.74, 6) is 0.826. The van der Waals surface area contributed by atoms with E-state index in [9.17, 15) is 4.39 Å². The minimum atomic E-state index is -0.153. The van der Waals surface area contributed by atoms with Crippen molar-refractivity contribution in [2.24, 2.45) is 5.92 Å². The van der Waals surface area contributed by atoms with Gasteiger partial charge in [-0.1, -0.05) is 12.1 Å². The van der Waals surface area contributed by atoms with Crippen molar-refractivity contribution >= 4 is 0 Å². The van der Waals surface area contributed by atoms with Crippen LogP contribution in [0.1, 0.15) is 24.8 Å². The standard InChI is InChI=1S/C16H23FN2/c1-18(11-13-2-5-15(17)6-3-13)8-9-19-12-14-4-7-16(19)10-14/h2-3,5-6,14,16H,4,7-12H2,1H3/t14-,16+/m0/s1. The fourth-order valence-corrected chi connectivity index (χ4v) is 3.58. The molecule has 1 saturated heterocycles. The molecule has 2 bridgehead atoms. The first kappa shape index (κ1) is 13.1. The van der Waals surface area contributed by atoms with Crippen LogP contribution in [0.2, 0.25) is 0 Å². The highest BCUT2D eigenvalue weighted by Gasteiger charge is 2.37. The third-order valence-electron chi connectivity index (χ3n) is 4.66. The second kappa shape index (κ2) is 5.59. The molecule has 0 radical (unpaired) electrons. The van der Waals surface area contributed by atoms with Crippen molar-refractivity contribution in [3.05, 3.63) is 35.6 Å². The van der Waals surface area contributed by atoms with Gasteiger partial charge in [-0.15, -0.1) is 0 Å². The summed E-state index contributed by atoms with van der Waals surface area (Å²) in [4.78, 5) is 4.99. The maximum atomic E-state index is 12.8. The van der Waals surface area contributed by atoms with Gasteiger partial charge >= 0.3 is 0 Å². The number of nitrogens with zero attached hydrogens (tertiary/aromatic N) is 2. The zero-order valence-corrected chi connectivity index (χ0v) is 11.7. The van der Waals surface area contributed by atoms with E-state index in [1.807, 2.05) is 12.1 Å². The topological polar surface area (TPSA) is 6.48 Å². The molecule has 2 aliphatic rings. The molecule has 1 aliphatic heterocycles. The third kappa shape index (κ3) is 3.15. The second-order valence-electron chi connectivity index (χ2n) is 6.19. The molecule has 0 amide bonds. The first-order valence-electron chi connectivity index (χ1n) is 7.38. The summed E-state index contributed by atoms with van der Waals surface area (Å²) in [6, 6.07) is 7.71. The number of halogens is 1. The van der Waals surface area contributed by atoms with Gasteiger partial charge in [0.2, 0.25) is 0 Å². The predicted molar refractivity (Wildman–Crippen MR) is 75.4 cm³/mol. The van der Waals surface area contributed by atoms with Crippen molar-refractivity contribution in [1.82, 2.24) is 9.80 Å². The molecule has 0 aromatic heterocycles. The Morgan fingerprint density at radius 3 is 2.68 bits per heavy atom. The van der Waals surface area contributed by atoms with Crippen LogP contribution in [0.15, 0.2) is 24.3 Å². The highest BCUT2D eigenvalue weighted by Crippen LogP contribution is 2.36. The molecule has 2 nitrogen and oxygen atoms in total. The molecular formula is C16H23FN2. The van der Waals surface area contributed by atoms with Crippen LogP contribution in [-0.2, 0) is 6.54 Å². The molecule has 0 unspecified atom stereocenters. The van der Waals surface area contributed by atoms with Crippen LogP contribution in [-0.4, -0.2) is 42.5 Å². The van der Waals surface area contributed by atoms with E-state index in [1.165, 1.54) is 37.9 Å². The zero-order chi connectivity index (χ0) is 13.2. The minimum absolute atomic E-state index is 0.153. The smallest absolute Gasteiger partial charge is 0.123 e. The van der Waals surface area contributed by atoms with Gasteiger partial charge < -0.3 is 4.90 Å². The van der Waals surface area contributed by atoms with Gasteiger partial charge in [-0.05, 0) is 49.9 Å². The monoisotopic (exact) mass is 262 g/mol. The summed E-state index contributed by atoms with van der Waals surface area (Å²) < 4.78 is 12.8. The number of hydrogen-bond acceptors (Lipinski definition) is 2. The van der Waals surface area contributed by atoms with E-state index in [-0.39, 0.29) is 5.82 Å². The summed E-state index contributed by atoms with van der Waals surface area (Å²) in [5, 5.41) is 0. The number of fused-ring (bicyclic) bond motifs is 2. The molecule has 3 heteroatoms. The van der Waals surface area contributed by atoms with Crippen molar-refractivity contribution in [2.45, 2.75) is 31.8 Å². The lowest BCUT2D eigenvalue weighted by Crippen LogP contribution is -2.38. The SMILES string of the molecule is CN(CCN1C[C@H]2CC[C@@H]1C2)Cc1ccc(F)cc1. The Balaban J connectivity index is 1.44. The average Bonchev–Trinajstić information content (AvgIpc) is 3.01. The number of likely N-dealkylation sites (N-methyl/N-ethyl adjacent to an activating group) is 1. The van der Waals surface area contributed by atoms with Gasteiger partial charge in [0.15, 0.2) is 0 Å². The molecule has 1 saturated carbocycles. The zero-order valence-electron chi connectivity index (χ0n) is 11.7. The molecule has 0 spiro atoms. The Bertz CT molecular complexity index is 417. The van der Waals surface area contributed by atoms with Crippen LogP contribution in [0.5, 0.6) is 0 Å². The molecular weight excluding hydrogens is 239 g/mol. The molecule has 19 heavy (non-hydrogen) atoms. The van der Waals surface area contributed by atoms with Crippen LogP contribution in [0.25, 0.3) is 0 Å². The maximum absolute atomic E-state index is 12.8. The average molecular weight is 262 g/mol. The summed E-state index contributed by atoms with van der Waals surface area (Å²) in [5.41, 5.74) is 1.19. The molecule has 1 aromatic rings. The van der Waals surface area contributed by atoms with Gasteiger partial charge in [0.25, 0.3) is 0 Å². The van der Waals surface area contributed by atoms with Crippen molar-refractivity contribution in [3.8, 4) is 0 Å².